The number of anilines is 3. The fourth-order valence-corrected chi connectivity index (χ4v) is 3.99. The maximum absolute atomic E-state index is 12.9. The number of hydrogen-bond acceptors (Lipinski definition) is 5. The van der Waals surface area contributed by atoms with Crippen LogP contribution in [0.1, 0.15) is 20.3 Å². The van der Waals surface area contributed by atoms with E-state index in [2.05, 4.69) is 34.3 Å². The van der Waals surface area contributed by atoms with E-state index in [1.165, 1.54) is 0 Å². The molecule has 3 atom stereocenters. The molecule has 4 rings (SSSR count). The molecule has 28 heavy (non-hydrogen) atoms. The molecule has 1 aromatic carbocycles. The zero-order valence-corrected chi connectivity index (χ0v) is 16.1. The van der Waals surface area contributed by atoms with Crippen molar-refractivity contribution in [3.8, 4) is 0 Å². The minimum Gasteiger partial charge on any atom is -0.372 e. The Balaban J connectivity index is 1.47. The minimum atomic E-state index is -0.391. The van der Waals surface area contributed by atoms with Crippen molar-refractivity contribution in [2.24, 2.45) is 5.92 Å². The molecule has 8 nitrogen and oxygen atoms in total. The van der Waals surface area contributed by atoms with Crippen LogP contribution in [0.3, 0.4) is 0 Å². The fourth-order valence-electron chi connectivity index (χ4n) is 3.99. The lowest BCUT2D eigenvalue weighted by Crippen LogP contribution is -2.45. The third-order valence-corrected chi connectivity index (χ3v) is 5.21. The van der Waals surface area contributed by atoms with E-state index in [9.17, 15) is 9.59 Å². The normalized spacial score (nSPS) is 25.2. The van der Waals surface area contributed by atoms with E-state index in [0.29, 0.717) is 12.2 Å². The number of amides is 2. The highest BCUT2D eigenvalue weighted by Crippen LogP contribution is 2.30. The van der Waals surface area contributed by atoms with Gasteiger partial charge in [-0.05, 0) is 26.0 Å². The van der Waals surface area contributed by atoms with Gasteiger partial charge in [0.2, 0.25) is 11.8 Å². The number of hydrogen-bond donors (Lipinski definition) is 2. The molecule has 2 saturated heterocycles. The van der Waals surface area contributed by atoms with Crippen LogP contribution >= 0.6 is 0 Å². The molecule has 2 amide bonds. The minimum absolute atomic E-state index is 0.0642. The summed E-state index contributed by atoms with van der Waals surface area (Å²) in [6.07, 6.45) is 3.71. The van der Waals surface area contributed by atoms with Crippen LogP contribution in [0.2, 0.25) is 0 Å². The molecule has 2 aliphatic rings. The van der Waals surface area contributed by atoms with Gasteiger partial charge in [0.25, 0.3) is 0 Å². The molecule has 148 valence electrons. The van der Waals surface area contributed by atoms with Crippen molar-refractivity contribution in [3.63, 3.8) is 0 Å². The van der Waals surface area contributed by atoms with Crippen molar-refractivity contribution in [2.75, 3.05) is 34.8 Å². The Hall–Kier alpha value is -2.87. The topological polar surface area (TPSA) is 90.6 Å². The summed E-state index contributed by atoms with van der Waals surface area (Å²) in [5.41, 5.74) is 2.44. The quantitative estimate of drug-likeness (QED) is 0.843. The van der Waals surface area contributed by atoms with E-state index < -0.39 is 5.92 Å². The number of nitrogens with zero attached hydrogens (tertiary/aromatic N) is 3. The molecule has 0 bridgehead atoms. The number of morpholine rings is 1. The van der Waals surface area contributed by atoms with Crippen molar-refractivity contribution >= 4 is 28.9 Å². The Bertz CT molecular complexity index is 843. The number of para-hydroxylation sites is 2. The van der Waals surface area contributed by atoms with Gasteiger partial charge in [0.15, 0.2) is 0 Å². The van der Waals surface area contributed by atoms with Gasteiger partial charge in [-0.3, -0.25) is 14.7 Å². The monoisotopic (exact) mass is 383 g/mol. The molecule has 2 aromatic rings. The van der Waals surface area contributed by atoms with Gasteiger partial charge in [0, 0.05) is 32.3 Å². The first-order chi connectivity index (χ1) is 13.5. The standard InChI is InChI=1S/C20H25N5O3/c1-13-10-24(11-14(2)28-13)18-6-4-3-5-17(18)23-20(27)15-7-19(26)25(12-15)16-8-21-22-9-16/h3-6,8-9,13-15H,7,10-12H2,1-2H3,(H,21,22)(H,23,27). The lowest BCUT2D eigenvalue weighted by molar-refractivity contribution is -0.122. The van der Waals surface area contributed by atoms with Crippen LogP contribution in [-0.2, 0) is 14.3 Å². The zero-order valence-electron chi connectivity index (χ0n) is 16.1. The first kappa shape index (κ1) is 18.5. The van der Waals surface area contributed by atoms with Crippen LogP contribution in [0.5, 0.6) is 0 Å². The molecule has 3 unspecified atom stereocenters. The summed E-state index contributed by atoms with van der Waals surface area (Å²) in [5.74, 6) is -0.593. The molecule has 0 spiro atoms. The maximum atomic E-state index is 12.9. The van der Waals surface area contributed by atoms with E-state index >= 15 is 0 Å². The summed E-state index contributed by atoms with van der Waals surface area (Å²) in [5, 5.41) is 9.62. The fraction of sp³-hybridized carbons (Fsp3) is 0.450. The second kappa shape index (κ2) is 7.63. The molecular formula is C20H25N5O3. The van der Waals surface area contributed by atoms with Crippen molar-refractivity contribution in [2.45, 2.75) is 32.5 Å². The number of aromatic nitrogens is 2. The van der Waals surface area contributed by atoms with Gasteiger partial charge in [-0.1, -0.05) is 12.1 Å². The number of H-pyrrole nitrogens is 1. The first-order valence-corrected chi connectivity index (χ1v) is 9.60. The summed E-state index contributed by atoms with van der Waals surface area (Å²) < 4.78 is 5.82. The Kier molecular flexibility index (Phi) is 5.04. The van der Waals surface area contributed by atoms with Gasteiger partial charge in [-0.2, -0.15) is 5.10 Å². The Morgan fingerprint density at radius 1 is 1.21 bits per heavy atom. The van der Waals surface area contributed by atoms with Crippen LogP contribution < -0.4 is 15.1 Å². The van der Waals surface area contributed by atoms with E-state index in [0.717, 1.165) is 24.5 Å². The third-order valence-electron chi connectivity index (χ3n) is 5.21. The molecule has 1 aromatic heterocycles. The summed E-state index contributed by atoms with van der Waals surface area (Å²) in [6, 6.07) is 7.79. The van der Waals surface area contributed by atoms with E-state index in [1.54, 1.807) is 17.3 Å². The number of carbonyl (C=O) groups is 2. The smallest absolute Gasteiger partial charge is 0.229 e. The van der Waals surface area contributed by atoms with Gasteiger partial charge in [-0.15, -0.1) is 0 Å². The van der Waals surface area contributed by atoms with Gasteiger partial charge in [0.05, 0.1) is 41.4 Å². The number of carbonyl (C=O) groups excluding carboxylic acids is 2. The first-order valence-electron chi connectivity index (χ1n) is 9.60. The molecule has 8 heteroatoms. The van der Waals surface area contributed by atoms with E-state index in [-0.39, 0.29) is 30.4 Å². The third kappa shape index (κ3) is 3.73. The molecule has 0 aliphatic carbocycles. The number of rotatable bonds is 4. The second-order valence-electron chi connectivity index (χ2n) is 7.53. The summed E-state index contributed by atoms with van der Waals surface area (Å²) >= 11 is 0. The highest BCUT2D eigenvalue weighted by molar-refractivity contribution is 6.04. The number of nitrogens with one attached hydrogen (secondary N) is 2. The second-order valence-corrected chi connectivity index (χ2v) is 7.53. The van der Waals surface area contributed by atoms with Gasteiger partial charge >= 0.3 is 0 Å². The van der Waals surface area contributed by atoms with Crippen molar-refractivity contribution in [3.05, 3.63) is 36.7 Å². The molecule has 3 heterocycles. The van der Waals surface area contributed by atoms with E-state index in [1.807, 2.05) is 24.3 Å². The Morgan fingerprint density at radius 3 is 2.68 bits per heavy atom. The maximum Gasteiger partial charge on any atom is 0.229 e. The van der Waals surface area contributed by atoms with Crippen LogP contribution in [0.15, 0.2) is 36.7 Å². The summed E-state index contributed by atoms with van der Waals surface area (Å²) in [4.78, 5) is 29.0. The van der Waals surface area contributed by atoms with Gasteiger partial charge in [0.1, 0.15) is 0 Å². The number of ether oxygens (including phenoxy) is 1. The Morgan fingerprint density at radius 2 is 1.96 bits per heavy atom. The van der Waals surface area contributed by atoms with Gasteiger partial charge < -0.3 is 19.9 Å². The SMILES string of the molecule is CC1CN(c2ccccc2NC(=O)C2CC(=O)N(c3cn[nH]c3)C2)CC(C)O1. The molecule has 0 saturated carbocycles. The largest absolute Gasteiger partial charge is 0.372 e. The Labute approximate surface area is 163 Å². The lowest BCUT2D eigenvalue weighted by atomic mass is 10.1. The lowest BCUT2D eigenvalue weighted by Gasteiger charge is -2.37. The average molecular weight is 383 g/mol. The predicted molar refractivity (Wildman–Crippen MR) is 106 cm³/mol. The molecule has 2 N–H and O–H groups in total. The van der Waals surface area contributed by atoms with Crippen molar-refractivity contribution in [1.82, 2.24) is 10.2 Å². The summed E-state index contributed by atoms with van der Waals surface area (Å²) in [6.45, 7) is 6.01. The van der Waals surface area contributed by atoms with Crippen molar-refractivity contribution in [1.29, 1.82) is 0 Å². The number of aromatic amines is 1. The van der Waals surface area contributed by atoms with Crippen LogP contribution in [0, 0.1) is 5.92 Å². The average Bonchev–Trinajstić information content (AvgIpc) is 3.30. The predicted octanol–water partition coefficient (Wildman–Crippen LogP) is 2.01. The highest BCUT2D eigenvalue weighted by atomic mass is 16.5. The van der Waals surface area contributed by atoms with E-state index in [4.69, 9.17) is 4.74 Å². The van der Waals surface area contributed by atoms with Crippen LogP contribution in [0.25, 0.3) is 0 Å². The molecule has 2 fully saturated rings. The van der Waals surface area contributed by atoms with Gasteiger partial charge in [-0.25, -0.2) is 0 Å². The zero-order chi connectivity index (χ0) is 19.7. The summed E-state index contributed by atoms with van der Waals surface area (Å²) in [7, 11) is 0. The number of benzene rings is 1. The van der Waals surface area contributed by atoms with Crippen LogP contribution in [-0.4, -0.2) is 53.9 Å². The van der Waals surface area contributed by atoms with Crippen LogP contribution in [0.4, 0.5) is 17.1 Å². The molecule has 2 aliphatic heterocycles. The molecular weight excluding hydrogens is 358 g/mol. The highest BCUT2D eigenvalue weighted by Gasteiger charge is 2.36. The molecule has 0 radical (unpaired) electrons. The van der Waals surface area contributed by atoms with Crippen molar-refractivity contribution < 1.29 is 14.3 Å².